The van der Waals surface area contributed by atoms with E-state index in [4.69, 9.17) is 14.7 Å². The molecule has 4 rings (SSSR count). The second kappa shape index (κ2) is 8.25. The fraction of sp³-hybridized carbons (Fsp3) is 0.273. The van der Waals surface area contributed by atoms with Crippen molar-refractivity contribution in [2.45, 2.75) is 31.4 Å². The zero-order valence-corrected chi connectivity index (χ0v) is 16.4. The Morgan fingerprint density at radius 3 is 2.50 bits per heavy atom. The number of aromatic carboxylic acids is 1. The first kappa shape index (κ1) is 19.5. The molecule has 1 N–H and O–H groups in total. The van der Waals surface area contributed by atoms with Crippen LogP contribution in [0.15, 0.2) is 48.5 Å². The molecule has 8 nitrogen and oxygen atoms in total. The first-order valence-corrected chi connectivity index (χ1v) is 9.53. The standard InChI is InChI=1S/C22H20N4O4/c1-29-18-8-4-15(5-9-18)13-26-21(20(22(27)28)24-25-26)30-19-10-17(11-19)16-6-2-14(12-23)3-7-16/h2-9,17,19H,10-11,13H2,1H3,(H,27,28)/t17-,19-. The van der Waals surface area contributed by atoms with Crippen molar-refractivity contribution in [2.75, 3.05) is 7.11 Å². The summed E-state index contributed by atoms with van der Waals surface area (Å²) in [7, 11) is 1.60. The van der Waals surface area contributed by atoms with Crippen molar-refractivity contribution in [3.8, 4) is 17.7 Å². The quantitative estimate of drug-likeness (QED) is 0.644. The number of benzene rings is 2. The lowest BCUT2D eigenvalue weighted by Crippen LogP contribution is -2.33. The van der Waals surface area contributed by atoms with Gasteiger partial charge in [0.25, 0.3) is 0 Å². The normalized spacial score (nSPS) is 17.6. The Hall–Kier alpha value is -3.86. The molecule has 0 unspecified atom stereocenters. The summed E-state index contributed by atoms with van der Waals surface area (Å²) in [6, 6.07) is 17.1. The molecular weight excluding hydrogens is 384 g/mol. The van der Waals surface area contributed by atoms with Gasteiger partial charge < -0.3 is 14.6 Å². The highest BCUT2D eigenvalue weighted by Gasteiger charge is 2.34. The molecule has 30 heavy (non-hydrogen) atoms. The van der Waals surface area contributed by atoms with E-state index in [2.05, 4.69) is 16.4 Å². The van der Waals surface area contributed by atoms with Crippen molar-refractivity contribution < 1.29 is 19.4 Å². The van der Waals surface area contributed by atoms with Gasteiger partial charge in [0, 0.05) is 0 Å². The number of hydrogen-bond acceptors (Lipinski definition) is 6. The van der Waals surface area contributed by atoms with E-state index >= 15 is 0 Å². The summed E-state index contributed by atoms with van der Waals surface area (Å²) in [6.07, 6.45) is 1.41. The zero-order chi connectivity index (χ0) is 21.1. The Balaban J connectivity index is 1.46. The van der Waals surface area contributed by atoms with Crippen molar-refractivity contribution >= 4 is 5.97 Å². The van der Waals surface area contributed by atoms with Gasteiger partial charge in [0.15, 0.2) is 0 Å². The maximum absolute atomic E-state index is 11.6. The van der Waals surface area contributed by atoms with Gasteiger partial charge in [-0.3, -0.25) is 0 Å². The van der Waals surface area contributed by atoms with Gasteiger partial charge in [-0.15, -0.1) is 5.10 Å². The fourth-order valence-electron chi connectivity index (χ4n) is 3.48. The van der Waals surface area contributed by atoms with Gasteiger partial charge in [0.05, 0.1) is 25.3 Å². The predicted molar refractivity (Wildman–Crippen MR) is 107 cm³/mol. The molecule has 152 valence electrons. The summed E-state index contributed by atoms with van der Waals surface area (Å²) < 4.78 is 12.6. The number of rotatable bonds is 7. The number of ether oxygens (including phenoxy) is 2. The maximum atomic E-state index is 11.6. The minimum atomic E-state index is -1.17. The Kier molecular flexibility index (Phi) is 5.35. The van der Waals surface area contributed by atoms with E-state index in [0.29, 0.717) is 18.0 Å². The number of nitrogens with zero attached hydrogens (tertiary/aromatic N) is 4. The second-order valence-corrected chi connectivity index (χ2v) is 7.20. The van der Waals surface area contributed by atoms with Crippen molar-refractivity contribution in [1.82, 2.24) is 15.0 Å². The van der Waals surface area contributed by atoms with Crippen molar-refractivity contribution in [1.29, 1.82) is 5.26 Å². The topological polar surface area (TPSA) is 110 Å². The van der Waals surface area contributed by atoms with E-state index < -0.39 is 5.97 Å². The molecule has 8 heteroatoms. The van der Waals surface area contributed by atoms with E-state index in [0.717, 1.165) is 29.7 Å². The van der Waals surface area contributed by atoms with Gasteiger partial charge in [-0.2, -0.15) is 5.26 Å². The van der Waals surface area contributed by atoms with Crippen molar-refractivity contribution in [3.05, 3.63) is 70.9 Å². The largest absolute Gasteiger partial charge is 0.497 e. The van der Waals surface area contributed by atoms with Gasteiger partial charge in [0.1, 0.15) is 11.9 Å². The monoisotopic (exact) mass is 404 g/mol. The molecule has 0 amide bonds. The highest BCUT2D eigenvalue weighted by molar-refractivity contribution is 5.87. The van der Waals surface area contributed by atoms with Crippen LogP contribution in [0.3, 0.4) is 0 Å². The fourth-order valence-corrected chi connectivity index (χ4v) is 3.48. The summed E-state index contributed by atoms with van der Waals surface area (Å²) in [6.45, 7) is 0.339. The summed E-state index contributed by atoms with van der Waals surface area (Å²) in [5.74, 6) is 0.0563. The van der Waals surface area contributed by atoms with Crippen molar-refractivity contribution in [2.24, 2.45) is 0 Å². The molecule has 0 aliphatic heterocycles. The zero-order valence-electron chi connectivity index (χ0n) is 16.4. The lowest BCUT2D eigenvalue weighted by molar-refractivity contribution is 0.0652. The van der Waals surface area contributed by atoms with Crippen LogP contribution >= 0.6 is 0 Å². The molecule has 1 aliphatic carbocycles. The minimum Gasteiger partial charge on any atom is -0.497 e. The molecular formula is C22H20N4O4. The second-order valence-electron chi connectivity index (χ2n) is 7.20. The number of carboxylic acids is 1. The predicted octanol–water partition coefficient (Wildman–Crippen LogP) is 3.23. The third kappa shape index (κ3) is 3.96. The van der Waals surface area contributed by atoms with Crippen LogP contribution in [0.2, 0.25) is 0 Å². The van der Waals surface area contributed by atoms with Crippen molar-refractivity contribution in [3.63, 3.8) is 0 Å². The molecule has 2 aromatic carbocycles. The SMILES string of the molecule is COc1ccc(Cn2nnc(C(=O)O)c2O[C@H]2C[C@H](c3ccc(C#N)cc3)C2)cc1. The number of carboxylic acid groups (broad SMARTS) is 1. The van der Waals surface area contributed by atoms with Gasteiger partial charge in [0.2, 0.25) is 11.6 Å². The highest BCUT2D eigenvalue weighted by atomic mass is 16.5. The van der Waals surface area contributed by atoms with Gasteiger partial charge >= 0.3 is 5.97 Å². The Bertz CT molecular complexity index is 1080. The number of methoxy groups -OCH3 is 1. The van der Waals surface area contributed by atoms with Crippen LogP contribution in [-0.2, 0) is 6.54 Å². The minimum absolute atomic E-state index is 0.114. The molecule has 0 saturated heterocycles. The van der Waals surface area contributed by atoms with E-state index in [1.807, 2.05) is 36.4 Å². The average Bonchev–Trinajstić information content (AvgIpc) is 3.13. The van der Waals surface area contributed by atoms with Gasteiger partial charge in [-0.25, -0.2) is 9.48 Å². The van der Waals surface area contributed by atoms with E-state index in [1.54, 1.807) is 19.2 Å². The van der Waals surface area contributed by atoms with Crippen LogP contribution in [0.4, 0.5) is 0 Å². The molecule has 0 atom stereocenters. The van der Waals surface area contributed by atoms with E-state index in [1.165, 1.54) is 4.68 Å². The lowest BCUT2D eigenvalue weighted by atomic mass is 9.77. The van der Waals surface area contributed by atoms with E-state index in [-0.39, 0.29) is 17.7 Å². The number of carbonyl (C=O) groups is 1. The third-order valence-electron chi connectivity index (χ3n) is 5.27. The smallest absolute Gasteiger partial charge is 0.362 e. The lowest BCUT2D eigenvalue weighted by Gasteiger charge is -2.35. The van der Waals surface area contributed by atoms with Crippen LogP contribution < -0.4 is 9.47 Å². The molecule has 1 aliphatic rings. The molecule has 1 heterocycles. The first-order valence-electron chi connectivity index (χ1n) is 9.53. The Morgan fingerprint density at radius 1 is 1.20 bits per heavy atom. The van der Waals surface area contributed by atoms with Crippen LogP contribution in [0.5, 0.6) is 11.6 Å². The molecule has 0 radical (unpaired) electrons. The summed E-state index contributed by atoms with van der Waals surface area (Å²) in [5.41, 5.74) is 2.51. The first-order chi connectivity index (χ1) is 14.6. The summed E-state index contributed by atoms with van der Waals surface area (Å²) in [4.78, 5) is 11.6. The molecule has 0 bridgehead atoms. The average molecular weight is 404 g/mol. The van der Waals surface area contributed by atoms with Gasteiger partial charge in [-0.1, -0.05) is 29.5 Å². The Labute approximate surface area is 173 Å². The molecule has 1 aromatic heterocycles. The summed E-state index contributed by atoms with van der Waals surface area (Å²) in [5, 5.41) is 26.1. The number of nitriles is 1. The molecule has 0 spiro atoms. The van der Waals surface area contributed by atoms with Crippen LogP contribution in [0.25, 0.3) is 0 Å². The summed E-state index contributed by atoms with van der Waals surface area (Å²) >= 11 is 0. The number of hydrogen-bond donors (Lipinski definition) is 1. The maximum Gasteiger partial charge on any atom is 0.362 e. The highest BCUT2D eigenvalue weighted by Crippen LogP contribution is 2.39. The Morgan fingerprint density at radius 2 is 1.90 bits per heavy atom. The van der Waals surface area contributed by atoms with Crippen LogP contribution in [0, 0.1) is 11.3 Å². The van der Waals surface area contributed by atoms with Crippen LogP contribution in [-0.4, -0.2) is 39.3 Å². The third-order valence-corrected chi connectivity index (χ3v) is 5.27. The number of aromatic nitrogens is 3. The molecule has 3 aromatic rings. The molecule has 1 fully saturated rings. The van der Waals surface area contributed by atoms with Gasteiger partial charge in [-0.05, 0) is 54.2 Å². The van der Waals surface area contributed by atoms with Crippen LogP contribution in [0.1, 0.15) is 45.9 Å². The molecule has 1 saturated carbocycles. The van der Waals surface area contributed by atoms with E-state index in [9.17, 15) is 9.90 Å².